The van der Waals surface area contributed by atoms with Crippen LogP contribution in [-0.4, -0.2) is 78.7 Å². The number of carbonyl (C=O) groups excluding carboxylic acids is 2. The Kier molecular flexibility index (Phi) is 15.9. The number of morpholine rings is 1. The molecule has 3 aromatic rings. The summed E-state index contributed by atoms with van der Waals surface area (Å²) in [7, 11) is 1.80. The van der Waals surface area contributed by atoms with Gasteiger partial charge in [0.25, 0.3) is 11.8 Å². The number of anilines is 1. The van der Waals surface area contributed by atoms with Crippen LogP contribution in [0.1, 0.15) is 53.6 Å². The Balaban J connectivity index is 0.000000718. The largest absolute Gasteiger partial charge is 0.489 e. The van der Waals surface area contributed by atoms with E-state index < -0.39 is 5.82 Å². The lowest BCUT2D eigenvalue weighted by molar-refractivity contribution is 0.0405. The summed E-state index contributed by atoms with van der Waals surface area (Å²) in [4.78, 5) is 31.4. The fourth-order valence-electron chi connectivity index (χ4n) is 6.19. The summed E-state index contributed by atoms with van der Waals surface area (Å²) in [5, 5.41) is 2.82. The molecular formula is C44H52ClFN4O4. The molecule has 54 heavy (non-hydrogen) atoms. The lowest BCUT2D eigenvalue weighted by atomic mass is 9.95. The average Bonchev–Trinajstić information content (AvgIpc) is 3.49. The van der Waals surface area contributed by atoms with Gasteiger partial charge in [-0.1, -0.05) is 74.2 Å². The van der Waals surface area contributed by atoms with Crippen LogP contribution in [0.5, 0.6) is 5.75 Å². The number of likely N-dealkylation sites (tertiary alicyclic amines) is 1. The number of piperidine rings is 1. The van der Waals surface area contributed by atoms with Gasteiger partial charge in [-0.05, 0) is 92.9 Å². The van der Waals surface area contributed by atoms with E-state index in [0.717, 1.165) is 43.0 Å². The summed E-state index contributed by atoms with van der Waals surface area (Å²) >= 11 is 6.24. The number of carbonyl (C=O) groups is 2. The molecule has 5 rings (SSSR count). The molecule has 3 heterocycles. The van der Waals surface area contributed by atoms with E-state index in [4.69, 9.17) is 21.1 Å². The smallest absolute Gasteiger partial charge is 0.257 e. The minimum atomic E-state index is -0.686. The van der Waals surface area contributed by atoms with Crippen LogP contribution in [-0.2, 0) is 11.8 Å². The predicted molar refractivity (Wildman–Crippen MR) is 219 cm³/mol. The molecule has 286 valence electrons. The third-order valence-electron chi connectivity index (χ3n) is 9.48. The SMILES string of the molecule is C=C/C=C\C=C(/C)COc1ccc(NC(=O)c2cc(-c3cc(Cl)c(F)cc3C(=O)N3CCC(=C/C)/C(=C\C=C)C3)n(C)c2C)cc1.CCN1CCOCC1. The Morgan fingerprint density at radius 2 is 1.74 bits per heavy atom. The van der Waals surface area contributed by atoms with Crippen LogP contribution in [0.4, 0.5) is 10.1 Å². The number of nitrogens with zero attached hydrogens (tertiary/aromatic N) is 3. The minimum absolute atomic E-state index is 0.111. The van der Waals surface area contributed by atoms with Gasteiger partial charge in [0.1, 0.15) is 18.2 Å². The number of benzene rings is 2. The minimum Gasteiger partial charge on any atom is -0.489 e. The summed E-state index contributed by atoms with van der Waals surface area (Å²) in [6, 6.07) is 11.5. The molecule has 2 saturated heterocycles. The van der Waals surface area contributed by atoms with E-state index in [2.05, 4.69) is 30.3 Å². The Morgan fingerprint density at radius 3 is 2.37 bits per heavy atom. The van der Waals surface area contributed by atoms with Gasteiger partial charge in [-0.15, -0.1) is 0 Å². The highest BCUT2D eigenvalue weighted by atomic mass is 35.5. The molecular weight excluding hydrogens is 703 g/mol. The van der Waals surface area contributed by atoms with Gasteiger partial charge in [0, 0.05) is 55.9 Å². The average molecular weight is 755 g/mol. The van der Waals surface area contributed by atoms with E-state index in [-0.39, 0.29) is 22.4 Å². The number of rotatable bonds is 11. The predicted octanol–water partition coefficient (Wildman–Crippen LogP) is 9.36. The highest BCUT2D eigenvalue weighted by Gasteiger charge is 2.28. The van der Waals surface area contributed by atoms with Crippen molar-refractivity contribution in [2.24, 2.45) is 7.05 Å². The molecule has 0 saturated carbocycles. The van der Waals surface area contributed by atoms with E-state index in [1.807, 2.05) is 55.7 Å². The maximum absolute atomic E-state index is 14.8. The molecule has 0 atom stereocenters. The van der Waals surface area contributed by atoms with Gasteiger partial charge >= 0.3 is 0 Å². The fraction of sp³-hybridized carbons (Fsp3) is 0.318. The molecule has 0 bridgehead atoms. The molecule has 2 fully saturated rings. The maximum atomic E-state index is 14.8. The Bertz CT molecular complexity index is 1930. The summed E-state index contributed by atoms with van der Waals surface area (Å²) in [5.41, 5.74) is 6.06. The van der Waals surface area contributed by atoms with Crippen molar-refractivity contribution < 1.29 is 23.5 Å². The van der Waals surface area contributed by atoms with Gasteiger partial charge in [0.15, 0.2) is 0 Å². The number of halogens is 2. The molecule has 0 aliphatic carbocycles. The van der Waals surface area contributed by atoms with Gasteiger partial charge < -0.3 is 24.3 Å². The van der Waals surface area contributed by atoms with Crippen LogP contribution in [0.3, 0.4) is 0 Å². The molecule has 2 aromatic carbocycles. The van der Waals surface area contributed by atoms with Crippen molar-refractivity contribution in [3.63, 3.8) is 0 Å². The summed E-state index contributed by atoms with van der Waals surface area (Å²) < 4.78 is 27.6. The monoisotopic (exact) mass is 754 g/mol. The second-order valence-corrected chi connectivity index (χ2v) is 13.5. The summed E-state index contributed by atoms with van der Waals surface area (Å²) in [5.74, 6) is -0.656. The van der Waals surface area contributed by atoms with Crippen molar-refractivity contribution in [3.05, 3.63) is 143 Å². The van der Waals surface area contributed by atoms with E-state index >= 15 is 0 Å². The van der Waals surface area contributed by atoms with E-state index in [0.29, 0.717) is 60.1 Å². The lowest BCUT2D eigenvalue weighted by Crippen LogP contribution is -2.38. The van der Waals surface area contributed by atoms with Crippen LogP contribution < -0.4 is 10.1 Å². The number of likely N-dealkylation sites (N-methyl/N-ethyl adjacent to an activating group) is 1. The number of nitrogens with one attached hydrogen (secondary N) is 1. The van der Waals surface area contributed by atoms with Gasteiger partial charge in [-0.3, -0.25) is 14.5 Å². The van der Waals surface area contributed by atoms with Gasteiger partial charge in [0.05, 0.1) is 29.4 Å². The first-order chi connectivity index (χ1) is 26.0. The standard InChI is InChI=1S/C38H39ClFN3O3.C6H13NO/c1-7-10-11-13-25(4)24-46-30-16-14-29(15-17-30)41-37(44)31-22-36(42(6)26(31)5)32-20-34(39)35(40)21-33(32)38(45)43-19-18-27(9-3)28(23-43)12-8-2;1-2-7-3-5-8-6-4-7/h7-17,20-22H,1-2,18-19,23-24H2,3-6H3,(H,41,44);2-6H2,1H3/b11-10-,25-13+,27-9-,28-12-;. The number of aromatic nitrogens is 1. The molecule has 8 nitrogen and oxygen atoms in total. The fourth-order valence-corrected chi connectivity index (χ4v) is 6.36. The van der Waals surface area contributed by atoms with Crippen molar-refractivity contribution in [2.45, 2.75) is 34.1 Å². The van der Waals surface area contributed by atoms with Crippen molar-refractivity contribution in [1.29, 1.82) is 0 Å². The van der Waals surface area contributed by atoms with E-state index in [1.165, 1.54) is 18.7 Å². The second kappa shape index (κ2) is 20.5. The maximum Gasteiger partial charge on any atom is 0.257 e. The summed E-state index contributed by atoms with van der Waals surface area (Å²) in [6.07, 6.45) is 13.7. The first-order valence-corrected chi connectivity index (χ1v) is 18.6. The Labute approximate surface area is 324 Å². The molecule has 10 heteroatoms. The lowest BCUT2D eigenvalue weighted by Gasteiger charge is -2.31. The van der Waals surface area contributed by atoms with Crippen LogP contribution >= 0.6 is 11.6 Å². The van der Waals surface area contributed by atoms with Gasteiger partial charge in [-0.25, -0.2) is 4.39 Å². The molecule has 2 aliphatic heterocycles. The van der Waals surface area contributed by atoms with Crippen LogP contribution in [0.15, 0.2) is 115 Å². The zero-order valence-electron chi connectivity index (χ0n) is 32.1. The number of ether oxygens (including phenoxy) is 2. The topological polar surface area (TPSA) is 76.0 Å². The highest BCUT2D eigenvalue weighted by Crippen LogP contribution is 2.34. The van der Waals surface area contributed by atoms with Gasteiger partial charge in [0.2, 0.25) is 0 Å². The number of hydrogen-bond acceptors (Lipinski definition) is 5. The first-order valence-electron chi connectivity index (χ1n) is 18.2. The zero-order chi connectivity index (χ0) is 39.2. The molecule has 2 aliphatic rings. The summed E-state index contributed by atoms with van der Waals surface area (Å²) in [6.45, 7) is 22.0. The van der Waals surface area contributed by atoms with Crippen molar-refractivity contribution in [1.82, 2.24) is 14.4 Å². The van der Waals surface area contributed by atoms with E-state index in [9.17, 15) is 14.0 Å². The number of hydrogen-bond donors (Lipinski definition) is 1. The van der Waals surface area contributed by atoms with Crippen molar-refractivity contribution in [2.75, 3.05) is 57.9 Å². The highest BCUT2D eigenvalue weighted by molar-refractivity contribution is 6.31. The Morgan fingerprint density at radius 1 is 1.02 bits per heavy atom. The molecule has 0 radical (unpaired) electrons. The van der Waals surface area contributed by atoms with Crippen LogP contribution in [0, 0.1) is 12.7 Å². The quantitative estimate of drug-likeness (QED) is 0.198. The first kappa shape index (κ1) is 41.8. The van der Waals surface area contributed by atoms with E-state index in [1.54, 1.807) is 54.4 Å². The van der Waals surface area contributed by atoms with Crippen molar-refractivity contribution >= 4 is 29.1 Å². The molecule has 0 spiro atoms. The Hall–Kier alpha value is -4.96. The zero-order valence-corrected chi connectivity index (χ0v) is 32.8. The number of amides is 2. The third-order valence-corrected chi connectivity index (χ3v) is 9.77. The molecule has 1 N–H and O–H groups in total. The molecule has 1 aromatic heterocycles. The van der Waals surface area contributed by atoms with Crippen molar-refractivity contribution in [3.8, 4) is 17.0 Å². The normalized spacial score (nSPS) is 16.6. The van der Waals surface area contributed by atoms with Gasteiger partial charge in [-0.2, -0.15) is 0 Å². The number of allylic oxidation sites excluding steroid dienone is 7. The molecule has 2 amide bonds. The van der Waals surface area contributed by atoms with Crippen LogP contribution in [0.25, 0.3) is 11.3 Å². The van der Waals surface area contributed by atoms with Crippen LogP contribution in [0.2, 0.25) is 5.02 Å². The second-order valence-electron chi connectivity index (χ2n) is 13.1. The molecule has 0 unspecified atom stereocenters. The third kappa shape index (κ3) is 11.0.